The van der Waals surface area contributed by atoms with Crippen LogP contribution in [0.5, 0.6) is 0 Å². The number of esters is 1. The van der Waals surface area contributed by atoms with Crippen molar-refractivity contribution in [3.63, 3.8) is 0 Å². The number of amides is 2. The number of rotatable bonds is 2. The molecule has 2 amide bonds. The van der Waals surface area contributed by atoms with Crippen LogP contribution >= 0.6 is 0 Å². The Morgan fingerprint density at radius 1 is 0.743 bits per heavy atom. The van der Waals surface area contributed by atoms with Crippen molar-refractivity contribution >= 4 is 24.1 Å². The zero-order valence-corrected chi connectivity index (χ0v) is 22.0. The van der Waals surface area contributed by atoms with Crippen LogP contribution in [0, 0.1) is 0 Å². The van der Waals surface area contributed by atoms with Gasteiger partial charge in [-0.05, 0) is 55.4 Å². The van der Waals surface area contributed by atoms with Gasteiger partial charge in [-0.3, -0.25) is 9.80 Å². The number of ether oxygens (including phenoxy) is 3. The topological polar surface area (TPSA) is 163 Å². The summed E-state index contributed by atoms with van der Waals surface area (Å²) in [4.78, 5) is 48.9. The van der Waals surface area contributed by atoms with Crippen LogP contribution in [-0.4, -0.2) is 104 Å². The standard InChI is InChI=1S/C12H21NO5.C11H19NO5/c1-7-9(14)6-8(10(15)17-5)13(7)11(16)18-12(2,3)4;1-6-8(13)5-7(9(14)15)12(6)10(16)17-11(2,3)4/h7-9,14H,6H2,1-5H3;6-8,13H,5H2,1-4H3,(H,14,15)/t7-,8-,9-;6-,7-,8-/m00/s1. The molecule has 3 N–H and O–H groups in total. The van der Waals surface area contributed by atoms with Gasteiger partial charge in [0, 0.05) is 12.8 Å². The van der Waals surface area contributed by atoms with E-state index in [1.165, 1.54) is 12.0 Å². The maximum Gasteiger partial charge on any atom is 0.411 e. The molecule has 12 nitrogen and oxygen atoms in total. The van der Waals surface area contributed by atoms with Gasteiger partial charge in [-0.15, -0.1) is 0 Å². The molecule has 0 aromatic rings. The van der Waals surface area contributed by atoms with Gasteiger partial charge in [0.2, 0.25) is 0 Å². The molecule has 202 valence electrons. The Hall–Kier alpha value is -2.60. The molecule has 2 rings (SSSR count). The minimum absolute atomic E-state index is 0.0374. The van der Waals surface area contributed by atoms with Gasteiger partial charge in [-0.25, -0.2) is 19.2 Å². The Balaban J connectivity index is 0.000000351. The number of aliphatic hydroxyl groups excluding tert-OH is 2. The van der Waals surface area contributed by atoms with Crippen molar-refractivity contribution in [1.82, 2.24) is 9.80 Å². The fourth-order valence-electron chi connectivity index (χ4n) is 3.80. The molecule has 0 aromatic heterocycles. The van der Waals surface area contributed by atoms with Gasteiger partial charge in [0.1, 0.15) is 23.3 Å². The molecule has 2 heterocycles. The van der Waals surface area contributed by atoms with Crippen LogP contribution in [0.2, 0.25) is 0 Å². The van der Waals surface area contributed by atoms with Gasteiger partial charge in [0.15, 0.2) is 0 Å². The van der Waals surface area contributed by atoms with Crippen LogP contribution in [0.3, 0.4) is 0 Å². The van der Waals surface area contributed by atoms with E-state index in [1.54, 1.807) is 55.4 Å². The Kier molecular flexibility index (Phi) is 9.93. The summed E-state index contributed by atoms with van der Waals surface area (Å²) in [6.45, 7) is 13.6. The first kappa shape index (κ1) is 30.4. The molecule has 35 heavy (non-hydrogen) atoms. The first-order valence-corrected chi connectivity index (χ1v) is 11.5. The second-order valence-corrected chi connectivity index (χ2v) is 10.8. The van der Waals surface area contributed by atoms with Crippen molar-refractivity contribution in [3.05, 3.63) is 0 Å². The molecule has 2 aliphatic rings. The van der Waals surface area contributed by atoms with Crippen molar-refractivity contribution in [2.24, 2.45) is 0 Å². The Morgan fingerprint density at radius 2 is 1.09 bits per heavy atom. The van der Waals surface area contributed by atoms with Gasteiger partial charge in [0.25, 0.3) is 0 Å². The zero-order chi connectivity index (χ0) is 27.5. The number of hydrogen-bond donors (Lipinski definition) is 3. The number of hydrogen-bond acceptors (Lipinski definition) is 9. The first-order valence-electron chi connectivity index (χ1n) is 11.5. The summed E-state index contributed by atoms with van der Waals surface area (Å²) < 4.78 is 15.0. The summed E-state index contributed by atoms with van der Waals surface area (Å²) in [5, 5.41) is 28.4. The number of aliphatic hydroxyl groups is 2. The lowest BCUT2D eigenvalue weighted by Crippen LogP contribution is -2.47. The predicted octanol–water partition coefficient (Wildman–Crippen LogP) is 1.75. The number of methoxy groups -OCH3 is 1. The van der Waals surface area contributed by atoms with Crippen molar-refractivity contribution in [2.75, 3.05) is 7.11 Å². The maximum absolute atomic E-state index is 12.0. The summed E-state index contributed by atoms with van der Waals surface area (Å²) in [6.07, 6.45) is -2.68. The fourth-order valence-corrected chi connectivity index (χ4v) is 3.80. The van der Waals surface area contributed by atoms with Crippen LogP contribution in [0.15, 0.2) is 0 Å². The summed E-state index contributed by atoms with van der Waals surface area (Å²) >= 11 is 0. The third-order valence-electron chi connectivity index (χ3n) is 5.56. The van der Waals surface area contributed by atoms with Crippen LogP contribution < -0.4 is 0 Å². The van der Waals surface area contributed by atoms with Gasteiger partial charge in [-0.2, -0.15) is 0 Å². The molecule has 0 aromatic carbocycles. The third-order valence-corrected chi connectivity index (χ3v) is 5.56. The van der Waals surface area contributed by atoms with Gasteiger partial charge < -0.3 is 29.5 Å². The number of aliphatic carboxylic acids is 1. The normalized spacial score (nSPS) is 28.7. The largest absolute Gasteiger partial charge is 0.480 e. The molecule has 12 heteroatoms. The van der Waals surface area contributed by atoms with Gasteiger partial charge >= 0.3 is 24.1 Å². The van der Waals surface area contributed by atoms with Crippen molar-refractivity contribution in [2.45, 2.75) is 116 Å². The van der Waals surface area contributed by atoms with E-state index in [4.69, 9.17) is 14.6 Å². The quantitative estimate of drug-likeness (QED) is 0.373. The number of carbonyl (C=O) groups excluding carboxylic acids is 3. The highest BCUT2D eigenvalue weighted by molar-refractivity contribution is 5.83. The lowest BCUT2D eigenvalue weighted by Gasteiger charge is -2.30. The summed E-state index contributed by atoms with van der Waals surface area (Å²) in [5.41, 5.74) is -1.33. The van der Waals surface area contributed by atoms with Crippen LogP contribution in [-0.2, 0) is 23.8 Å². The monoisotopic (exact) mass is 504 g/mol. The lowest BCUT2D eigenvalue weighted by molar-refractivity contribution is -0.146. The molecule has 0 radical (unpaired) electrons. The van der Waals surface area contributed by atoms with E-state index in [1.807, 2.05) is 0 Å². The molecule has 0 bridgehead atoms. The highest BCUT2D eigenvalue weighted by Gasteiger charge is 2.47. The van der Waals surface area contributed by atoms with E-state index < -0.39 is 71.7 Å². The van der Waals surface area contributed by atoms with Crippen molar-refractivity contribution in [3.8, 4) is 0 Å². The van der Waals surface area contributed by atoms with E-state index in [-0.39, 0.29) is 12.8 Å². The van der Waals surface area contributed by atoms with E-state index in [9.17, 15) is 29.4 Å². The molecular formula is C23H40N2O10. The molecular weight excluding hydrogens is 464 g/mol. The first-order chi connectivity index (χ1) is 15.8. The molecule has 2 fully saturated rings. The highest BCUT2D eigenvalue weighted by Crippen LogP contribution is 2.28. The Morgan fingerprint density at radius 3 is 1.40 bits per heavy atom. The van der Waals surface area contributed by atoms with E-state index in [0.717, 1.165) is 4.90 Å². The lowest BCUT2D eigenvalue weighted by atomic mass is 10.1. The number of carboxylic acid groups (broad SMARTS) is 1. The van der Waals surface area contributed by atoms with Crippen LogP contribution in [0.25, 0.3) is 0 Å². The second kappa shape index (κ2) is 11.4. The van der Waals surface area contributed by atoms with Crippen LogP contribution in [0.4, 0.5) is 9.59 Å². The van der Waals surface area contributed by atoms with Crippen molar-refractivity contribution < 1.29 is 48.7 Å². The number of carboxylic acids is 1. The van der Waals surface area contributed by atoms with Crippen LogP contribution in [0.1, 0.15) is 68.2 Å². The number of likely N-dealkylation sites (tertiary alicyclic amines) is 2. The molecule has 6 atom stereocenters. The maximum atomic E-state index is 12.0. The zero-order valence-electron chi connectivity index (χ0n) is 22.0. The molecule has 0 saturated carbocycles. The minimum atomic E-state index is -1.13. The summed E-state index contributed by atoms with van der Waals surface area (Å²) in [5.74, 6) is -1.66. The SMILES string of the molecule is COC(=O)[C@@H]1C[C@H](O)[C@H](C)N1C(=O)OC(C)(C)C.C[C@H]1[C@@H](O)C[C@@H](C(=O)O)N1C(=O)OC(C)(C)C. The van der Waals surface area contributed by atoms with Crippen molar-refractivity contribution in [1.29, 1.82) is 0 Å². The van der Waals surface area contributed by atoms with Gasteiger partial charge in [-0.1, -0.05) is 0 Å². The minimum Gasteiger partial charge on any atom is -0.480 e. The van der Waals surface area contributed by atoms with E-state index in [2.05, 4.69) is 4.74 Å². The van der Waals surface area contributed by atoms with E-state index in [0.29, 0.717) is 0 Å². The Bertz CT molecular complexity index is 788. The Labute approximate surface area is 206 Å². The van der Waals surface area contributed by atoms with E-state index >= 15 is 0 Å². The average Bonchev–Trinajstić information content (AvgIpc) is 3.15. The third kappa shape index (κ3) is 8.24. The number of carbonyl (C=O) groups is 4. The molecule has 2 aliphatic heterocycles. The highest BCUT2D eigenvalue weighted by atomic mass is 16.6. The molecule has 0 spiro atoms. The second-order valence-electron chi connectivity index (χ2n) is 10.8. The summed E-state index contributed by atoms with van der Waals surface area (Å²) in [7, 11) is 1.25. The predicted molar refractivity (Wildman–Crippen MR) is 124 cm³/mol. The number of nitrogens with zero attached hydrogens (tertiary/aromatic N) is 2. The average molecular weight is 505 g/mol. The molecule has 2 saturated heterocycles. The van der Waals surface area contributed by atoms with Gasteiger partial charge in [0.05, 0.1) is 31.4 Å². The molecule has 0 aliphatic carbocycles. The molecule has 0 unspecified atom stereocenters. The summed E-state index contributed by atoms with van der Waals surface area (Å²) in [6, 6.07) is -2.82. The smallest absolute Gasteiger partial charge is 0.411 e. The fraction of sp³-hybridized carbons (Fsp3) is 0.826.